The van der Waals surface area contributed by atoms with Gasteiger partial charge in [-0.05, 0) is 62.1 Å². The lowest BCUT2D eigenvalue weighted by molar-refractivity contribution is 0.102. The molecule has 0 bridgehead atoms. The number of nitrogens with zero attached hydrogens (tertiary/aromatic N) is 1. The van der Waals surface area contributed by atoms with Crippen molar-refractivity contribution in [2.45, 2.75) is 49.2 Å². The lowest BCUT2D eigenvalue weighted by Crippen LogP contribution is -2.51. The van der Waals surface area contributed by atoms with Crippen molar-refractivity contribution >= 4 is 33.3 Å². The van der Waals surface area contributed by atoms with Crippen molar-refractivity contribution in [3.05, 3.63) is 53.3 Å². The van der Waals surface area contributed by atoms with Crippen LogP contribution in [0.2, 0.25) is 0 Å². The minimum absolute atomic E-state index is 0.00501. The van der Waals surface area contributed by atoms with Gasteiger partial charge in [-0.3, -0.25) is 4.79 Å². The molecule has 1 saturated carbocycles. The molecule has 2 aromatic carbocycles. The minimum atomic E-state index is -4.29. The fourth-order valence-electron chi connectivity index (χ4n) is 4.01. The Balaban J connectivity index is 1.62. The molecule has 2 aromatic rings. The largest absolute Gasteiger partial charge is 0.393 e. The van der Waals surface area contributed by atoms with Crippen molar-refractivity contribution in [2.75, 3.05) is 10.6 Å². The second-order valence-corrected chi connectivity index (χ2v) is 9.68. The monoisotopic (exact) mass is 483 g/mol. The highest BCUT2D eigenvalue weighted by Gasteiger charge is 2.42. The van der Waals surface area contributed by atoms with Gasteiger partial charge in [0.25, 0.3) is 22.4 Å². The van der Waals surface area contributed by atoms with Crippen LogP contribution in [-0.4, -0.2) is 41.9 Å². The lowest BCUT2D eigenvalue weighted by Gasteiger charge is -2.37. The second-order valence-electron chi connectivity index (χ2n) is 7.90. The molecule has 3 N–H and O–H groups in total. The SMILES string of the molecule is O=C(Nc1ccc(F)c(C(F)F)c1)c1ccc2c(c1)S(=O)(=O)N(C1CCC(O)CC1)C(=O)N2. The average Bonchev–Trinajstić information content (AvgIpc) is 2.75. The van der Waals surface area contributed by atoms with Crippen LogP contribution in [0.1, 0.15) is 48.0 Å². The van der Waals surface area contributed by atoms with Crippen molar-refractivity contribution in [1.82, 2.24) is 4.31 Å². The van der Waals surface area contributed by atoms with Crippen molar-refractivity contribution in [3.63, 3.8) is 0 Å². The van der Waals surface area contributed by atoms with Crippen molar-refractivity contribution in [3.8, 4) is 0 Å². The average molecular weight is 483 g/mol. The van der Waals surface area contributed by atoms with E-state index >= 15 is 0 Å². The summed E-state index contributed by atoms with van der Waals surface area (Å²) in [7, 11) is -4.29. The third-order valence-corrected chi connectivity index (χ3v) is 7.58. The summed E-state index contributed by atoms with van der Waals surface area (Å²) in [4.78, 5) is 24.9. The molecule has 0 radical (unpaired) electrons. The zero-order valence-electron chi connectivity index (χ0n) is 17.1. The van der Waals surface area contributed by atoms with Gasteiger partial charge in [0.2, 0.25) is 0 Å². The van der Waals surface area contributed by atoms with Crippen molar-refractivity contribution in [2.24, 2.45) is 0 Å². The maximum atomic E-state index is 13.5. The predicted octanol–water partition coefficient (Wildman–Crippen LogP) is 3.86. The van der Waals surface area contributed by atoms with Crippen molar-refractivity contribution in [1.29, 1.82) is 0 Å². The number of nitrogens with one attached hydrogen (secondary N) is 2. The number of carbonyl (C=O) groups excluding carboxylic acids is 2. The molecule has 3 amide bonds. The molecular formula is C21H20F3N3O5S. The van der Waals surface area contributed by atoms with E-state index in [4.69, 9.17) is 0 Å². The first kappa shape index (κ1) is 23.1. The first-order chi connectivity index (χ1) is 15.6. The molecule has 0 spiro atoms. The molecule has 1 aliphatic heterocycles. The van der Waals surface area contributed by atoms with Gasteiger partial charge in [-0.1, -0.05) is 0 Å². The number of aliphatic hydroxyl groups excluding tert-OH is 1. The molecule has 176 valence electrons. The molecule has 4 rings (SSSR count). The first-order valence-electron chi connectivity index (χ1n) is 10.1. The number of halogens is 3. The van der Waals surface area contributed by atoms with Crippen LogP contribution in [0.15, 0.2) is 41.3 Å². The summed E-state index contributed by atoms with van der Waals surface area (Å²) in [5.74, 6) is -1.92. The van der Waals surface area contributed by atoms with Crippen LogP contribution < -0.4 is 10.6 Å². The van der Waals surface area contributed by atoms with Gasteiger partial charge in [0.1, 0.15) is 10.7 Å². The molecule has 1 aliphatic carbocycles. The summed E-state index contributed by atoms with van der Waals surface area (Å²) in [5.41, 5.74) is -1.06. The lowest BCUT2D eigenvalue weighted by atomic mass is 9.93. The topological polar surface area (TPSA) is 116 Å². The number of amides is 3. The van der Waals surface area contributed by atoms with Gasteiger partial charge in [0, 0.05) is 11.3 Å². The maximum Gasteiger partial charge on any atom is 0.336 e. The van der Waals surface area contributed by atoms with E-state index in [2.05, 4.69) is 10.6 Å². The van der Waals surface area contributed by atoms with Gasteiger partial charge in [0.05, 0.1) is 23.4 Å². The normalized spacial score (nSPS) is 22.0. The number of aliphatic hydroxyl groups is 1. The number of sulfonamides is 1. The highest BCUT2D eigenvalue weighted by molar-refractivity contribution is 7.90. The molecule has 1 fully saturated rings. The molecule has 12 heteroatoms. The van der Waals surface area contributed by atoms with Gasteiger partial charge in [-0.25, -0.2) is 30.7 Å². The highest BCUT2D eigenvalue weighted by atomic mass is 32.2. The fourth-order valence-corrected chi connectivity index (χ4v) is 5.76. The third kappa shape index (κ3) is 4.40. The molecule has 8 nitrogen and oxygen atoms in total. The van der Waals surface area contributed by atoms with E-state index < -0.39 is 51.9 Å². The van der Waals surface area contributed by atoms with E-state index in [1.807, 2.05) is 0 Å². The van der Waals surface area contributed by atoms with E-state index in [1.54, 1.807) is 0 Å². The van der Waals surface area contributed by atoms with Crippen LogP contribution in [0.25, 0.3) is 0 Å². The van der Waals surface area contributed by atoms with Crippen molar-refractivity contribution < 1.29 is 36.3 Å². The quantitative estimate of drug-likeness (QED) is 0.611. The Labute approximate surface area is 187 Å². The Morgan fingerprint density at radius 3 is 2.48 bits per heavy atom. The summed E-state index contributed by atoms with van der Waals surface area (Å²) < 4.78 is 66.5. The molecule has 1 heterocycles. The Bertz CT molecular complexity index is 1210. The van der Waals surface area contributed by atoms with E-state index in [0.717, 1.165) is 28.6 Å². The maximum absolute atomic E-state index is 13.5. The summed E-state index contributed by atoms with van der Waals surface area (Å²) in [6, 6.07) is 4.87. The molecule has 33 heavy (non-hydrogen) atoms. The molecular weight excluding hydrogens is 463 g/mol. The Hall–Kier alpha value is -3.12. The van der Waals surface area contributed by atoms with Crippen LogP contribution >= 0.6 is 0 Å². The molecule has 0 saturated heterocycles. The van der Waals surface area contributed by atoms with Gasteiger partial charge in [-0.15, -0.1) is 0 Å². The number of hydrogen-bond donors (Lipinski definition) is 3. The Morgan fingerprint density at radius 2 is 1.82 bits per heavy atom. The number of hydrogen-bond acceptors (Lipinski definition) is 5. The molecule has 0 atom stereocenters. The number of alkyl halides is 2. The second kappa shape index (κ2) is 8.67. The van der Waals surface area contributed by atoms with Gasteiger partial charge >= 0.3 is 6.03 Å². The van der Waals surface area contributed by atoms with Gasteiger partial charge < -0.3 is 15.7 Å². The van der Waals surface area contributed by atoms with E-state index in [-0.39, 0.29) is 21.8 Å². The Kier molecular flexibility index (Phi) is 6.06. The minimum Gasteiger partial charge on any atom is -0.393 e. The molecule has 2 aliphatic rings. The summed E-state index contributed by atoms with van der Waals surface area (Å²) in [5, 5.41) is 14.5. The van der Waals surface area contributed by atoms with Crippen LogP contribution in [-0.2, 0) is 10.0 Å². The summed E-state index contributed by atoms with van der Waals surface area (Å²) in [6.45, 7) is 0. The number of urea groups is 1. The number of benzene rings is 2. The number of carbonyl (C=O) groups is 2. The van der Waals surface area contributed by atoms with Crippen LogP contribution in [0.3, 0.4) is 0 Å². The number of rotatable bonds is 4. The van der Waals surface area contributed by atoms with E-state index in [9.17, 15) is 36.3 Å². The summed E-state index contributed by atoms with van der Waals surface area (Å²) in [6.07, 6.45) is -2.29. The number of fused-ring (bicyclic) bond motifs is 1. The highest BCUT2D eigenvalue weighted by Crippen LogP contribution is 2.36. The number of anilines is 2. The molecule has 0 unspecified atom stereocenters. The van der Waals surface area contributed by atoms with Gasteiger partial charge in [0.15, 0.2) is 0 Å². The zero-order chi connectivity index (χ0) is 23.9. The van der Waals surface area contributed by atoms with Crippen LogP contribution in [0.5, 0.6) is 0 Å². The Morgan fingerprint density at radius 1 is 1.12 bits per heavy atom. The van der Waals surface area contributed by atoms with E-state index in [0.29, 0.717) is 25.7 Å². The van der Waals surface area contributed by atoms with Gasteiger partial charge in [-0.2, -0.15) is 0 Å². The van der Waals surface area contributed by atoms with Crippen LogP contribution in [0.4, 0.5) is 29.3 Å². The fraction of sp³-hybridized carbons (Fsp3) is 0.333. The molecule has 0 aromatic heterocycles. The van der Waals surface area contributed by atoms with Crippen LogP contribution in [0, 0.1) is 5.82 Å². The third-order valence-electron chi connectivity index (χ3n) is 5.71. The summed E-state index contributed by atoms with van der Waals surface area (Å²) >= 11 is 0. The van der Waals surface area contributed by atoms with E-state index in [1.165, 1.54) is 12.1 Å². The zero-order valence-corrected chi connectivity index (χ0v) is 17.9. The predicted molar refractivity (Wildman–Crippen MR) is 112 cm³/mol. The first-order valence-corrected chi connectivity index (χ1v) is 11.6. The standard InChI is InChI=1S/C21H20F3N3O5S/c22-16-7-2-12(10-15(16)19(23)24)25-20(29)11-1-8-17-18(9-11)33(31,32)27(21(30)26-17)13-3-5-14(28)6-4-13/h1-2,7-10,13-14,19,28H,3-6H2,(H,25,29)(H,26,30). The smallest absolute Gasteiger partial charge is 0.336 e.